The van der Waals surface area contributed by atoms with Crippen LogP contribution in [0.3, 0.4) is 0 Å². The first-order chi connectivity index (χ1) is 19.2. The summed E-state index contributed by atoms with van der Waals surface area (Å²) in [5.41, 5.74) is 12.1. The largest absolute Gasteiger partial charge is 0.165 e. The molecule has 0 aliphatic heterocycles. The Balaban J connectivity index is 0.000000250. The van der Waals surface area contributed by atoms with Gasteiger partial charge in [0.2, 0.25) is 0 Å². The molecule has 6 heteroatoms. The van der Waals surface area contributed by atoms with Gasteiger partial charge in [0.1, 0.15) is 0 Å². The predicted molar refractivity (Wildman–Crippen MR) is 186 cm³/mol. The molecule has 0 radical (unpaired) electrons. The normalized spacial score (nSPS) is 9.90. The van der Waals surface area contributed by atoms with Crippen LogP contribution in [0.15, 0.2) is 109 Å². The zero-order valence-electron chi connectivity index (χ0n) is 24.0. The van der Waals surface area contributed by atoms with E-state index in [0.29, 0.717) is 0 Å². The molecule has 6 rings (SSSR count). The van der Waals surface area contributed by atoms with E-state index in [4.69, 9.17) is 23.2 Å². The van der Waals surface area contributed by atoms with Crippen molar-refractivity contribution in [2.75, 3.05) is 0 Å². The van der Waals surface area contributed by atoms with Gasteiger partial charge < -0.3 is 0 Å². The Morgan fingerprint density at radius 1 is 0.524 bits per heavy atom. The van der Waals surface area contributed by atoms with Crippen LogP contribution in [0.25, 0.3) is 44.5 Å². The number of halogens is 4. The number of hydrogen-bond acceptors (Lipinski definition) is 0. The standard InChI is InChI=1S/2C17H12Cl.C2H6Si.2ClH.Zr/c2*1-12-10-14-4-2-3-5-16(17(14)11-12)13-6-8-15(18)9-7-13;1-3-2;;;/h2*2-9,11H,1H3;1-2H3;2*1H;/q2*-1;;;;+2. The maximum atomic E-state index is 5.94. The number of fused-ring (bicyclic) bond motifs is 2. The second-order valence-corrected chi connectivity index (χ2v) is 20.1. The van der Waals surface area contributed by atoms with Crippen molar-refractivity contribution in [1.29, 1.82) is 0 Å². The fraction of sp³-hybridized carbons (Fsp3) is 0.111. The summed E-state index contributed by atoms with van der Waals surface area (Å²) in [7, 11) is 0. The van der Waals surface area contributed by atoms with Crippen LogP contribution in [0.2, 0.25) is 23.1 Å². The topological polar surface area (TPSA) is 0 Å². The molecule has 0 unspecified atom stereocenters. The molecule has 0 amide bonds. The minimum Gasteiger partial charge on any atom is -0.165 e. The first-order valence-electron chi connectivity index (χ1n) is 13.1. The van der Waals surface area contributed by atoms with Crippen LogP contribution < -0.4 is 0 Å². The molecule has 0 saturated carbocycles. The van der Waals surface area contributed by atoms with Gasteiger partial charge in [-0.25, -0.2) is 0 Å². The van der Waals surface area contributed by atoms with Crippen molar-refractivity contribution < 1.29 is 23.3 Å². The predicted octanol–water partition coefficient (Wildman–Crippen LogP) is 12.1. The zero-order chi connectivity index (χ0) is 28.6. The Bertz CT molecular complexity index is 1540. The van der Waals surface area contributed by atoms with E-state index >= 15 is 0 Å². The molecule has 2 aromatic carbocycles. The van der Waals surface area contributed by atoms with Gasteiger partial charge in [-0.2, -0.15) is 23.3 Å². The van der Waals surface area contributed by atoms with Gasteiger partial charge >= 0.3 is 41.9 Å². The van der Waals surface area contributed by atoms with Gasteiger partial charge in [-0.05, 0) is 35.4 Å². The summed E-state index contributed by atoms with van der Waals surface area (Å²) >= 11 is 13.6. The third kappa shape index (κ3) is 10.1. The maximum absolute atomic E-state index is 5.94. The van der Waals surface area contributed by atoms with Gasteiger partial charge in [0.15, 0.2) is 0 Å². The van der Waals surface area contributed by atoms with Crippen molar-refractivity contribution >= 4 is 53.4 Å². The fourth-order valence-electron chi connectivity index (χ4n) is 4.48. The smallest absolute Gasteiger partial charge is 0.0406 e. The zero-order valence-corrected chi connectivity index (χ0v) is 30.6. The molecule has 0 atom stereocenters. The van der Waals surface area contributed by atoms with E-state index in [1.54, 1.807) is 23.3 Å². The molecule has 0 nitrogen and oxygen atoms in total. The molecule has 0 saturated heterocycles. The molecule has 0 fully saturated rings. The second-order valence-electron chi connectivity index (χ2n) is 9.84. The van der Waals surface area contributed by atoms with E-state index in [1.807, 2.05) is 24.3 Å². The summed E-state index contributed by atoms with van der Waals surface area (Å²) in [5, 5.41) is 1.53. The monoisotopic (exact) mass is 722 g/mol. The van der Waals surface area contributed by atoms with Gasteiger partial charge in [0.25, 0.3) is 0 Å². The van der Waals surface area contributed by atoms with E-state index in [2.05, 4.69) is 124 Å². The maximum Gasteiger partial charge on any atom is 0.0406 e. The summed E-state index contributed by atoms with van der Waals surface area (Å²) in [4.78, 5) is 0. The van der Waals surface area contributed by atoms with Crippen LogP contribution >= 0.6 is 48.0 Å². The molecule has 4 aliphatic rings. The van der Waals surface area contributed by atoms with Crippen molar-refractivity contribution in [3.8, 4) is 44.5 Å². The van der Waals surface area contributed by atoms with E-state index < -0.39 is 0 Å². The average Bonchev–Trinajstić information content (AvgIpc) is 3.32. The molecular formula is C36H32Cl4SiZr. The molecule has 0 bridgehead atoms. The van der Waals surface area contributed by atoms with Crippen molar-refractivity contribution in [2.24, 2.45) is 0 Å². The molecule has 0 N–H and O–H groups in total. The molecule has 4 aliphatic carbocycles. The van der Waals surface area contributed by atoms with Gasteiger partial charge in [-0.3, -0.25) is 0 Å². The summed E-state index contributed by atoms with van der Waals surface area (Å²) in [6.07, 6.45) is 0. The first kappa shape index (κ1) is 36.3. The van der Waals surface area contributed by atoms with Crippen molar-refractivity contribution in [3.63, 3.8) is 0 Å². The van der Waals surface area contributed by atoms with Crippen LogP contribution in [-0.2, 0) is 23.3 Å². The number of hydrogen-bond donors (Lipinski definition) is 0. The van der Waals surface area contributed by atoms with Crippen LogP contribution in [0.4, 0.5) is 0 Å². The fourth-order valence-corrected chi connectivity index (χ4v) is 4.73. The number of rotatable bonds is 2. The first-order valence-corrected chi connectivity index (χ1v) is 20.0. The third-order valence-electron chi connectivity index (χ3n) is 6.13. The molecule has 42 heavy (non-hydrogen) atoms. The molecule has 0 heterocycles. The minimum absolute atomic E-state index is 0. The molecule has 212 valence electrons. The van der Waals surface area contributed by atoms with Crippen molar-refractivity contribution in [1.82, 2.24) is 0 Å². The molecule has 2 aromatic rings. The van der Waals surface area contributed by atoms with Crippen LogP contribution in [0, 0.1) is 26.0 Å². The van der Waals surface area contributed by atoms with Gasteiger partial charge in [0.05, 0.1) is 0 Å². The SMILES string of the molecule is C[Si](C)=[Zr+2].Cc1[c-]c2ccccc(-c3ccc(Cl)cc3)c-2c1.Cc1[c-]c2ccccc(-c3ccc(Cl)cc3)c-2c1.Cl.Cl. The molecular weight excluding hydrogens is 694 g/mol. The van der Waals surface area contributed by atoms with Crippen LogP contribution in [-0.4, -0.2) is 5.43 Å². The second kappa shape index (κ2) is 17.4. The third-order valence-corrected chi connectivity index (χ3v) is 6.63. The molecule has 0 aromatic heterocycles. The summed E-state index contributed by atoms with van der Waals surface area (Å²) in [6.45, 7) is 8.77. The Labute approximate surface area is 288 Å². The Hall–Kier alpha value is -1.90. The molecule has 0 spiro atoms. The summed E-state index contributed by atoms with van der Waals surface area (Å²) in [5.74, 6) is 0. The van der Waals surface area contributed by atoms with Crippen LogP contribution in [0.1, 0.15) is 11.1 Å². The van der Waals surface area contributed by atoms with Crippen molar-refractivity contribution in [3.05, 3.63) is 142 Å². The van der Waals surface area contributed by atoms with E-state index in [9.17, 15) is 0 Å². The minimum atomic E-state index is 0. The van der Waals surface area contributed by atoms with Gasteiger partial charge in [-0.1, -0.05) is 96.7 Å². The van der Waals surface area contributed by atoms with E-state index in [-0.39, 0.29) is 30.2 Å². The Morgan fingerprint density at radius 2 is 0.833 bits per heavy atom. The summed E-state index contributed by atoms with van der Waals surface area (Å²) in [6, 6.07) is 43.7. The Morgan fingerprint density at radius 3 is 1.17 bits per heavy atom. The average molecular weight is 726 g/mol. The van der Waals surface area contributed by atoms with E-state index in [1.165, 1.54) is 44.5 Å². The quantitative estimate of drug-likeness (QED) is 0.123. The van der Waals surface area contributed by atoms with Crippen LogP contribution in [0.5, 0.6) is 0 Å². The Kier molecular flexibility index (Phi) is 15.0. The van der Waals surface area contributed by atoms with Crippen molar-refractivity contribution in [2.45, 2.75) is 26.9 Å². The number of benzene rings is 2. The van der Waals surface area contributed by atoms with Gasteiger partial charge in [-0.15, -0.1) is 83.5 Å². The van der Waals surface area contributed by atoms with E-state index in [0.717, 1.165) is 21.2 Å². The summed E-state index contributed by atoms with van der Waals surface area (Å²) < 4.78 is 0. The number of aryl methyl sites for hydroxylation is 2. The van der Waals surface area contributed by atoms with Gasteiger partial charge in [0, 0.05) is 10.0 Å².